The third-order valence-electron chi connectivity index (χ3n) is 4.80. The summed E-state index contributed by atoms with van der Waals surface area (Å²) in [5, 5.41) is 13.1. The van der Waals surface area contributed by atoms with Crippen molar-refractivity contribution in [3.05, 3.63) is 42.0 Å². The zero-order chi connectivity index (χ0) is 17.7. The van der Waals surface area contributed by atoms with Gasteiger partial charge in [-0.1, -0.05) is 26.0 Å². The van der Waals surface area contributed by atoms with Gasteiger partial charge in [-0.2, -0.15) is 4.73 Å². The Morgan fingerprint density at radius 2 is 2.00 bits per heavy atom. The minimum absolute atomic E-state index is 0.0584. The molecule has 3 aromatic rings. The van der Waals surface area contributed by atoms with Gasteiger partial charge in [0.1, 0.15) is 0 Å². The molecule has 0 saturated carbocycles. The molecular formula is C19H23N3O3. The predicted molar refractivity (Wildman–Crippen MR) is 94.9 cm³/mol. The molecule has 0 spiro atoms. The summed E-state index contributed by atoms with van der Waals surface area (Å²) in [6, 6.07) is 7.64. The Balaban J connectivity index is 1.73. The zero-order valence-electron chi connectivity index (χ0n) is 14.9. The van der Waals surface area contributed by atoms with E-state index in [-0.39, 0.29) is 5.41 Å². The molecule has 1 aromatic carbocycles. The summed E-state index contributed by atoms with van der Waals surface area (Å²) in [6.07, 6.45) is 4.15. The number of imidazole rings is 1. The van der Waals surface area contributed by atoms with E-state index in [1.807, 2.05) is 37.5 Å². The van der Waals surface area contributed by atoms with Crippen LogP contribution in [0.25, 0.3) is 21.9 Å². The highest BCUT2D eigenvalue weighted by molar-refractivity contribution is 6.00. The van der Waals surface area contributed by atoms with E-state index in [1.165, 1.54) is 0 Å². The number of aromatic nitrogens is 3. The van der Waals surface area contributed by atoms with E-state index in [4.69, 9.17) is 9.47 Å². The van der Waals surface area contributed by atoms with Crippen LogP contribution in [0.3, 0.4) is 0 Å². The smallest absolute Gasteiger partial charge is 0.226 e. The Kier molecular flexibility index (Phi) is 3.70. The van der Waals surface area contributed by atoms with Gasteiger partial charge in [-0.3, -0.25) is 0 Å². The molecule has 0 bridgehead atoms. The van der Waals surface area contributed by atoms with Crippen LogP contribution >= 0.6 is 0 Å². The van der Waals surface area contributed by atoms with E-state index in [1.54, 1.807) is 6.20 Å². The number of hydrogen-bond donors (Lipinski definition) is 0. The highest BCUT2D eigenvalue weighted by atomic mass is 16.7. The second kappa shape index (κ2) is 5.68. The van der Waals surface area contributed by atoms with Gasteiger partial charge < -0.3 is 19.2 Å². The Hall–Kier alpha value is -2.18. The molecule has 1 fully saturated rings. The van der Waals surface area contributed by atoms with Crippen molar-refractivity contribution >= 4 is 21.9 Å². The van der Waals surface area contributed by atoms with E-state index in [0.717, 1.165) is 28.6 Å². The number of para-hydroxylation sites is 1. The average molecular weight is 341 g/mol. The van der Waals surface area contributed by atoms with E-state index in [2.05, 4.69) is 23.4 Å². The first-order valence-electron chi connectivity index (χ1n) is 8.61. The Morgan fingerprint density at radius 1 is 1.28 bits per heavy atom. The van der Waals surface area contributed by atoms with Crippen molar-refractivity contribution < 1.29 is 14.2 Å². The van der Waals surface area contributed by atoms with Crippen LogP contribution in [0.15, 0.2) is 36.8 Å². The first-order chi connectivity index (χ1) is 11.9. The molecule has 25 heavy (non-hydrogen) atoms. The van der Waals surface area contributed by atoms with Crippen LogP contribution in [0, 0.1) is 10.6 Å². The van der Waals surface area contributed by atoms with Gasteiger partial charge >= 0.3 is 0 Å². The van der Waals surface area contributed by atoms with E-state index in [9.17, 15) is 5.21 Å². The Bertz CT molecular complexity index is 926. The molecule has 0 aliphatic carbocycles. The van der Waals surface area contributed by atoms with E-state index < -0.39 is 5.79 Å². The lowest BCUT2D eigenvalue weighted by atomic mass is 9.85. The third kappa shape index (κ3) is 2.96. The monoisotopic (exact) mass is 341 g/mol. The number of benzene rings is 1. The second-order valence-electron chi connectivity index (χ2n) is 7.75. The largest absolute Gasteiger partial charge is 0.618 e. The lowest BCUT2D eigenvalue weighted by Gasteiger charge is -2.33. The maximum atomic E-state index is 12.2. The van der Waals surface area contributed by atoms with Crippen LogP contribution in [-0.2, 0) is 16.0 Å². The van der Waals surface area contributed by atoms with Crippen LogP contribution in [-0.4, -0.2) is 28.6 Å². The number of pyridine rings is 1. The normalized spacial score (nSPS) is 17.6. The van der Waals surface area contributed by atoms with Gasteiger partial charge in [0.05, 0.1) is 30.4 Å². The third-order valence-corrected chi connectivity index (χ3v) is 4.80. The predicted octanol–water partition coefficient (Wildman–Crippen LogP) is 3.00. The van der Waals surface area contributed by atoms with Gasteiger partial charge in [0.15, 0.2) is 11.3 Å². The molecule has 0 unspecified atom stereocenters. The van der Waals surface area contributed by atoms with Gasteiger partial charge in [-0.05, 0) is 18.4 Å². The van der Waals surface area contributed by atoms with E-state index in [0.29, 0.717) is 24.2 Å². The summed E-state index contributed by atoms with van der Waals surface area (Å²) in [6.45, 7) is 8.47. The van der Waals surface area contributed by atoms with E-state index >= 15 is 0 Å². The molecule has 0 atom stereocenters. The van der Waals surface area contributed by atoms with Crippen LogP contribution in [0.5, 0.6) is 0 Å². The molecule has 1 saturated heterocycles. The number of nitrogens with zero attached hydrogens (tertiary/aromatic N) is 3. The molecular weight excluding hydrogens is 318 g/mol. The minimum atomic E-state index is -0.528. The molecule has 132 valence electrons. The summed E-state index contributed by atoms with van der Waals surface area (Å²) in [5.74, 6) is -0.528. The van der Waals surface area contributed by atoms with Crippen LogP contribution in [0.2, 0.25) is 0 Å². The number of fused-ring (bicyclic) bond motifs is 3. The zero-order valence-corrected chi connectivity index (χ0v) is 14.9. The van der Waals surface area contributed by atoms with Crippen molar-refractivity contribution in [2.45, 2.75) is 39.5 Å². The van der Waals surface area contributed by atoms with Crippen molar-refractivity contribution in [3.63, 3.8) is 0 Å². The lowest BCUT2D eigenvalue weighted by molar-refractivity contribution is -0.575. The van der Waals surface area contributed by atoms with Crippen LogP contribution in [0.1, 0.15) is 27.2 Å². The number of hydrogen-bond acceptors (Lipinski definition) is 4. The van der Waals surface area contributed by atoms with Crippen molar-refractivity contribution in [3.8, 4) is 0 Å². The summed E-state index contributed by atoms with van der Waals surface area (Å²) in [4.78, 5) is 4.44. The first kappa shape index (κ1) is 16.3. The van der Waals surface area contributed by atoms with Gasteiger partial charge in [-0.15, -0.1) is 0 Å². The molecule has 0 N–H and O–H groups in total. The molecule has 6 nitrogen and oxygen atoms in total. The first-order valence-corrected chi connectivity index (χ1v) is 8.61. The SMILES string of the molecule is CC(C)(Cn1cnc2c[n+]([O-])c3ccccc3c21)CC1(C)OCCO1. The molecule has 2 aromatic heterocycles. The van der Waals surface area contributed by atoms with Gasteiger partial charge in [0, 0.05) is 19.0 Å². The standard InChI is InChI=1S/C19H23N3O3/c1-18(2,11-19(3)24-8-9-25-19)12-21-13-20-15-10-22(23)16-7-5-4-6-14(16)17(15)21/h4-7,10,13H,8-9,11-12H2,1-3H3. The minimum Gasteiger partial charge on any atom is -0.618 e. The molecule has 1 aliphatic heterocycles. The highest BCUT2D eigenvalue weighted by Crippen LogP contribution is 2.36. The highest BCUT2D eigenvalue weighted by Gasteiger charge is 2.37. The fourth-order valence-electron chi connectivity index (χ4n) is 4.00. The maximum Gasteiger partial charge on any atom is 0.226 e. The molecule has 6 heteroatoms. The maximum absolute atomic E-state index is 12.2. The molecule has 0 amide bonds. The Labute approximate surface area is 146 Å². The molecule has 0 radical (unpaired) electrons. The summed E-state index contributed by atoms with van der Waals surface area (Å²) >= 11 is 0. The quantitative estimate of drug-likeness (QED) is 0.540. The van der Waals surface area contributed by atoms with Crippen molar-refractivity contribution in [1.82, 2.24) is 9.55 Å². The fourth-order valence-corrected chi connectivity index (χ4v) is 4.00. The lowest BCUT2D eigenvalue weighted by Crippen LogP contribution is -2.35. The Morgan fingerprint density at radius 3 is 2.76 bits per heavy atom. The van der Waals surface area contributed by atoms with Gasteiger partial charge in [0.2, 0.25) is 11.7 Å². The summed E-state index contributed by atoms with van der Waals surface area (Å²) < 4.78 is 14.6. The van der Waals surface area contributed by atoms with Crippen molar-refractivity contribution in [1.29, 1.82) is 0 Å². The van der Waals surface area contributed by atoms with Crippen LogP contribution in [0.4, 0.5) is 0 Å². The molecule has 4 rings (SSSR count). The summed E-state index contributed by atoms with van der Waals surface area (Å²) in [5.41, 5.74) is 2.30. The topological polar surface area (TPSA) is 63.2 Å². The van der Waals surface area contributed by atoms with Gasteiger partial charge in [-0.25, -0.2) is 4.98 Å². The molecule has 3 heterocycles. The number of rotatable bonds is 4. The molecule has 1 aliphatic rings. The fraction of sp³-hybridized carbons (Fsp3) is 0.474. The van der Waals surface area contributed by atoms with Crippen molar-refractivity contribution in [2.24, 2.45) is 5.41 Å². The van der Waals surface area contributed by atoms with Gasteiger partial charge in [0.25, 0.3) is 0 Å². The van der Waals surface area contributed by atoms with Crippen molar-refractivity contribution in [2.75, 3.05) is 13.2 Å². The second-order valence-corrected chi connectivity index (χ2v) is 7.75. The average Bonchev–Trinajstić information content (AvgIpc) is 3.13. The number of ether oxygens (including phenoxy) is 2. The summed E-state index contributed by atoms with van der Waals surface area (Å²) in [7, 11) is 0. The van der Waals surface area contributed by atoms with Crippen LogP contribution < -0.4 is 4.73 Å².